The van der Waals surface area contributed by atoms with Gasteiger partial charge in [0.1, 0.15) is 10.8 Å². The van der Waals surface area contributed by atoms with Crippen LogP contribution in [-0.2, 0) is 4.79 Å². The van der Waals surface area contributed by atoms with Gasteiger partial charge in [0.2, 0.25) is 11.9 Å². The van der Waals surface area contributed by atoms with E-state index in [0.717, 1.165) is 37.4 Å². The van der Waals surface area contributed by atoms with Crippen molar-refractivity contribution in [1.82, 2.24) is 30.8 Å². The molecule has 0 spiro atoms. The van der Waals surface area contributed by atoms with Gasteiger partial charge in [-0.2, -0.15) is 0 Å². The second-order valence-corrected chi connectivity index (χ2v) is 9.08. The van der Waals surface area contributed by atoms with Crippen LogP contribution in [0.4, 0.5) is 5.95 Å². The maximum Gasteiger partial charge on any atom is 0.226 e. The highest BCUT2D eigenvalue weighted by Crippen LogP contribution is 2.24. The number of rotatable bonds is 6. The quantitative estimate of drug-likeness (QED) is 0.505. The molecule has 9 nitrogen and oxygen atoms in total. The normalized spacial score (nSPS) is 19.2. The van der Waals surface area contributed by atoms with Crippen LogP contribution in [0.5, 0.6) is 5.75 Å². The van der Waals surface area contributed by atoms with Crippen LogP contribution in [0.25, 0.3) is 10.9 Å². The van der Waals surface area contributed by atoms with Gasteiger partial charge in [0, 0.05) is 23.6 Å². The lowest BCUT2D eigenvalue weighted by Gasteiger charge is -2.31. The first-order chi connectivity index (χ1) is 14.0. The number of nitrogens with one attached hydrogen (secondary N) is 3. The third-order valence-corrected chi connectivity index (χ3v) is 6.56. The molecule has 1 aliphatic rings. The highest BCUT2D eigenvalue weighted by Gasteiger charge is 2.26. The van der Waals surface area contributed by atoms with Gasteiger partial charge in [-0.15, -0.1) is 10.2 Å². The minimum atomic E-state index is -0.451. The predicted molar refractivity (Wildman–Crippen MR) is 113 cm³/mol. The van der Waals surface area contributed by atoms with Crippen LogP contribution >= 0.6 is 23.1 Å². The number of methoxy groups -OCH3 is 1. The molecule has 0 aliphatic carbocycles. The van der Waals surface area contributed by atoms with Crippen molar-refractivity contribution in [3.63, 3.8) is 0 Å². The van der Waals surface area contributed by atoms with Crippen LogP contribution in [0.3, 0.4) is 0 Å². The van der Waals surface area contributed by atoms with Gasteiger partial charge in [-0.3, -0.25) is 10.1 Å². The fourth-order valence-corrected chi connectivity index (χ4v) is 4.93. The molecule has 0 radical (unpaired) electrons. The Bertz CT molecular complexity index is 1040. The van der Waals surface area contributed by atoms with Gasteiger partial charge in [0.15, 0.2) is 10.6 Å². The smallest absolute Gasteiger partial charge is 0.226 e. The summed E-state index contributed by atoms with van der Waals surface area (Å²) in [5, 5.41) is 19.4. The van der Waals surface area contributed by atoms with Crippen molar-refractivity contribution < 1.29 is 9.53 Å². The highest BCUT2D eigenvalue weighted by molar-refractivity contribution is 8.01. The zero-order chi connectivity index (χ0) is 20.4. The Balaban J connectivity index is 1.44. The van der Waals surface area contributed by atoms with Gasteiger partial charge in [0.25, 0.3) is 0 Å². The van der Waals surface area contributed by atoms with E-state index in [2.05, 4.69) is 36.1 Å². The van der Waals surface area contributed by atoms with Crippen molar-refractivity contribution in [3.05, 3.63) is 28.9 Å². The van der Waals surface area contributed by atoms with Gasteiger partial charge in [-0.25, -0.2) is 9.97 Å². The van der Waals surface area contributed by atoms with Crippen molar-refractivity contribution in [2.24, 2.45) is 0 Å². The summed E-state index contributed by atoms with van der Waals surface area (Å²) in [5.74, 6) is 1.91. The van der Waals surface area contributed by atoms with Crippen LogP contribution in [-0.4, -0.2) is 51.3 Å². The fraction of sp³-hybridized carbons (Fsp3) is 0.389. The van der Waals surface area contributed by atoms with Crippen LogP contribution in [0.2, 0.25) is 0 Å². The standard InChI is InChI=1S/C18H21N7O2S2/c1-9-13-7-12(27-3)4-5-14(13)21-16(19-9)23-17-20-11(6-15(26)22-17)8-28-18-25-24-10(2)29-18/h4-5,7,11,17,20H,6,8H2,1-3H3,(H,22,26)(H,19,21,23). The zero-order valence-corrected chi connectivity index (χ0v) is 17.9. The molecule has 1 aliphatic heterocycles. The molecule has 4 rings (SSSR count). The monoisotopic (exact) mass is 431 g/mol. The SMILES string of the molecule is COc1ccc2nc(NC3NC(=O)CC(CSc4nnc(C)s4)N3)nc(C)c2c1. The molecule has 3 heterocycles. The van der Waals surface area contributed by atoms with E-state index in [4.69, 9.17) is 4.74 Å². The molecule has 1 amide bonds. The molecule has 2 unspecified atom stereocenters. The van der Waals surface area contributed by atoms with Gasteiger partial charge >= 0.3 is 0 Å². The molecule has 152 valence electrons. The van der Waals surface area contributed by atoms with Crippen molar-refractivity contribution >= 4 is 45.9 Å². The van der Waals surface area contributed by atoms with E-state index in [1.807, 2.05) is 32.0 Å². The van der Waals surface area contributed by atoms with Crippen LogP contribution in [0.15, 0.2) is 22.5 Å². The van der Waals surface area contributed by atoms with E-state index in [9.17, 15) is 4.79 Å². The van der Waals surface area contributed by atoms with Gasteiger partial charge in [0.05, 0.1) is 18.3 Å². The number of hydrogen-bond donors (Lipinski definition) is 3. The summed E-state index contributed by atoms with van der Waals surface area (Å²) < 4.78 is 6.18. The Morgan fingerprint density at radius 3 is 2.93 bits per heavy atom. The maximum atomic E-state index is 12.2. The number of carbonyl (C=O) groups excluding carboxylic acids is 1. The lowest BCUT2D eigenvalue weighted by molar-refractivity contribution is -0.123. The van der Waals surface area contributed by atoms with E-state index >= 15 is 0 Å². The number of nitrogens with zero attached hydrogens (tertiary/aromatic N) is 4. The van der Waals surface area contributed by atoms with Crippen molar-refractivity contribution in [2.75, 3.05) is 18.2 Å². The van der Waals surface area contributed by atoms with Crippen LogP contribution in [0, 0.1) is 13.8 Å². The molecule has 2 aromatic heterocycles. The Morgan fingerprint density at radius 2 is 2.17 bits per heavy atom. The third kappa shape index (κ3) is 4.74. The van der Waals surface area contributed by atoms with E-state index < -0.39 is 6.29 Å². The van der Waals surface area contributed by atoms with Crippen LogP contribution in [0.1, 0.15) is 17.1 Å². The summed E-state index contributed by atoms with van der Waals surface area (Å²) in [5.41, 5.74) is 1.64. The number of anilines is 1. The van der Waals surface area contributed by atoms with E-state index in [-0.39, 0.29) is 11.9 Å². The Labute approximate surface area is 176 Å². The first-order valence-electron chi connectivity index (χ1n) is 9.07. The van der Waals surface area contributed by atoms with Gasteiger partial charge in [-0.05, 0) is 32.0 Å². The summed E-state index contributed by atoms with van der Waals surface area (Å²) in [4.78, 5) is 21.2. The fourth-order valence-electron chi connectivity index (χ4n) is 3.05. The molecular weight excluding hydrogens is 410 g/mol. The molecule has 1 aromatic carbocycles. The predicted octanol–water partition coefficient (Wildman–Crippen LogP) is 2.07. The third-order valence-electron chi connectivity index (χ3n) is 4.42. The molecule has 0 bridgehead atoms. The summed E-state index contributed by atoms with van der Waals surface area (Å²) in [6.45, 7) is 3.85. The van der Waals surface area contributed by atoms with Crippen molar-refractivity contribution in [3.8, 4) is 5.75 Å². The summed E-state index contributed by atoms with van der Waals surface area (Å²) >= 11 is 3.15. The molecule has 1 fully saturated rings. The zero-order valence-electron chi connectivity index (χ0n) is 16.2. The highest BCUT2D eigenvalue weighted by atomic mass is 32.2. The molecule has 1 saturated heterocycles. The number of thioether (sulfide) groups is 1. The minimum absolute atomic E-state index is 0.00118. The maximum absolute atomic E-state index is 12.2. The molecule has 3 N–H and O–H groups in total. The van der Waals surface area contributed by atoms with Crippen molar-refractivity contribution in [2.45, 2.75) is 36.9 Å². The molecular formula is C18H21N7O2S2. The number of aromatic nitrogens is 4. The van der Waals surface area contributed by atoms with Crippen LogP contribution < -0.4 is 20.7 Å². The summed E-state index contributed by atoms with van der Waals surface area (Å²) in [6, 6.07) is 5.67. The number of hydrogen-bond acceptors (Lipinski definition) is 10. The summed E-state index contributed by atoms with van der Waals surface area (Å²) in [6.07, 6.45) is -0.0477. The average Bonchev–Trinajstić information content (AvgIpc) is 3.11. The Morgan fingerprint density at radius 1 is 1.31 bits per heavy atom. The number of ether oxygens (including phenoxy) is 1. The largest absolute Gasteiger partial charge is 0.497 e. The number of carbonyl (C=O) groups is 1. The number of amides is 1. The first-order valence-corrected chi connectivity index (χ1v) is 10.9. The molecule has 11 heteroatoms. The number of aryl methyl sites for hydroxylation is 2. The Kier molecular flexibility index (Phi) is 5.79. The number of benzene rings is 1. The minimum Gasteiger partial charge on any atom is -0.497 e. The van der Waals surface area contributed by atoms with E-state index in [0.29, 0.717) is 12.4 Å². The summed E-state index contributed by atoms with van der Waals surface area (Å²) in [7, 11) is 1.63. The average molecular weight is 432 g/mol. The van der Waals surface area contributed by atoms with E-state index in [1.54, 1.807) is 30.2 Å². The molecule has 0 saturated carbocycles. The first kappa shape index (κ1) is 19.8. The second kappa shape index (κ2) is 8.47. The number of fused-ring (bicyclic) bond motifs is 1. The van der Waals surface area contributed by atoms with E-state index in [1.165, 1.54) is 0 Å². The van der Waals surface area contributed by atoms with Gasteiger partial charge < -0.3 is 15.4 Å². The second-order valence-electron chi connectivity index (χ2n) is 6.63. The Hall–Kier alpha value is -2.50. The topological polar surface area (TPSA) is 114 Å². The lowest BCUT2D eigenvalue weighted by Crippen LogP contribution is -2.60. The van der Waals surface area contributed by atoms with Gasteiger partial charge in [-0.1, -0.05) is 23.1 Å². The molecule has 3 aromatic rings. The molecule has 29 heavy (non-hydrogen) atoms. The van der Waals surface area contributed by atoms with Crippen molar-refractivity contribution in [1.29, 1.82) is 0 Å². The lowest BCUT2D eigenvalue weighted by atomic mass is 10.2. The molecule has 2 atom stereocenters.